The number of hydrogen-bond donors (Lipinski definition) is 0. The highest BCUT2D eigenvalue weighted by Crippen LogP contribution is 2.20. The highest BCUT2D eigenvalue weighted by atomic mass is 32.2. The molecule has 3 rings (SSSR count). The van der Waals surface area contributed by atoms with Crippen LogP contribution in [0.1, 0.15) is 16.9 Å². The van der Waals surface area contributed by atoms with Crippen molar-refractivity contribution in [2.24, 2.45) is 0 Å². The van der Waals surface area contributed by atoms with Gasteiger partial charge in [-0.25, -0.2) is 13.1 Å². The summed E-state index contributed by atoms with van der Waals surface area (Å²) < 4.78 is 37.7. The van der Waals surface area contributed by atoms with Gasteiger partial charge in [0, 0.05) is 52.3 Å². The van der Waals surface area contributed by atoms with E-state index in [4.69, 9.17) is 9.47 Å². The molecule has 0 radical (unpaired) electrons. The molecule has 2 aliphatic rings. The topological polar surface area (TPSA) is 94.0 Å². The molecule has 9 nitrogen and oxygen atoms in total. The fraction of sp³-hybridized carbons (Fsp3) is 0.714. The monoisotopic (exact) mass is 358 g/mol. The van der Waals surface area contributed by atoms with Gasteiger partial charge in [0.25, 0.3) is 5.91 Å². The molecule has 0 saturated carbocycles. The van der Waals surface area contributed by atoms with Gasteiger partial charge in [0.05, 0.1) is 19.0 Å². The van der Waals surface area contributed by atoms with Crippen LogP contribution in [0.5, 0.6) is 5.88 Å². The number of nitrogens with zero attached hydrogens (tertiary/aromatic N) is 4. The summed E-state index contributed by atoms with van der Waals surface area (Å²) in [5.41, 5.74) is 0.350. The van der Waals surface area contributed by atoms with Crippen LogP contribution >= 0.6 is 0 Å². The van der Waals surface area contributed by atoms with E-state index in [-0.39, 0.29) is 18.3 Å². The van der Waals surface area contributed by atoms with Crippen LogP contribution in [-0.2, 0) is 21.3 Å². The van der Waals surface area contributed by atoms with E-state index in [1.807, 2.05) is 0 Å². The van der Waals surface area contributed by atoms with E-state index >= 15 is 0 Å². The van der Waals surface area contributed by atoms with Crippen LogP contribution in [0, 0.1) is 0 Å². The SMILES string of the molecule is COCCS(=O)(=O)N1CCN(C(=O)c2cc3n(n2)CCCO3)CC1. The molecule has 0 aliphatic carbocycles. The Morgan fingerprint density at radius 3 is 2.71 bits per heavy atom. The molecule has 1 amide bonds. The molecule has 10 heteroatoms. The van der Waals surface area contributed by atoms with Gasteiger partial charge in [0.2, 0.25) is 15.9 Å². The molecule has 134 valence electrons. The first-order chi connectivity index (χ1) is 11.5. The van der Waals surface area contributed by atoms with Crippen LogP contribution in [0.25, 0.3) is 0 Å². The summed E-state index contributed by atoms with van der Waals surface area (Å²) in [4.78, 5) is 14.2. The Morgan fingerprint density at radius 2 is 2.04 bits per heavy atom. The number of sulfonamides is 1. The van der Waals surface area contributed by atoms with Crippen LogP contribution in [-0.4, -0.2) is 85.6 Å². The van der Waals surface area contributed by atoms with Crippen molar-refractivity contribution >= 4 is 15.9 Å². The largest absolute Gasteiger partial charge is 0.478 e. The quantitative estimate of drug-likeness (QED) is 0.698. The van der Waals surface area contributed by atoms with Crippen molar-refractivity contribution in [1.29, 1.82) is 0 Å². The van der Waals surface area contributed by atoms with Crippen LogP contribution in [0.4, 0.5) is 0 Å². The number of aromatic nitrogens is 2. The highest BCUT2D eigenvalue weighted by Gasteiger charge is 2.30. The van der Waals surface area contributed by atoms with E-state index in [2.05, 4.69) is 5.10 Å². The lowest BCUT2D eigenvalue weighted by Crippen LogP contribution is -2.51. The number of carbonyl (C=O) groups excluding carboxylic acids is 1. The van der Waals surface area contributed by atoms with Gasteiger partial charge in [-0.15, -0.1) is 0 Å². The summed E-state index contributed by atoms with van der Waals surface area (Å²) >= 11 is 0. The summed E-state index contributed by atoms with van der Waals surface area (Å²) in [6.07, 6.45) is 0.875. The molecular formula is C14H22N4O5S. The minimum Gasteiger partial charge on any atom is -0.478 e. The minimum absolute atomic E-state index is 0.0391. The molecule has 3 heterocycles. The number of aryl methyl sites for hydroxylation is 1. The van der Waals surface area contributed by atoms with E-state index in [0.717, 1.165) is 13.0 Å². The smallest absolute Gasteiger partial charge is 0.274 e. The van der Waals surface area contributed by atoms with E-state index < -0.39 is 10.0 Å². The maximum absolute atomic E-state index is 12.6. The van der Waals surface area contributed by atoms with E-state index in [1.54, 1.807) is 15.6 Å². The molecule has 0 bridgehead atoms. The van der Waals surface area contributed by atoms with Crippen LogP contribution < -0.4 is 4.74 Å². The second-order valence-electron chi connectivity index (χ2n) is 5.79. The van der Waals surface area contributed by atoms with Gasteiger partial charge in [0.1, 0.15) is 0 Å². The van der Waals surface area contributed by atoms with Crippen molar-refractivity contribution in [2.45, 2.75) is 13.0 Å². The Labute approximate surface area is 141 Å². The Balaban J connectivity index is 1.60. The fourth-order valence-corrected chi connectivity index (χ4v) is 4.18. The number of amides is 1. The maximum atomic E-state index is 12.6. The van der Waals surface area contributed by atoms with Gasteiger partial charge in [-0.05, 0) is 0 Å². The molecule has 1 fully saturated rings. The third-order valence-electron chi connectivity index (χ3n) is 4.19. The number of hydrogen-bond acceptors (Lipinski definition) is 6. The maximum Gasteiger partial charge on any atom is 0.274 e. The summed E-state index contributed by atoms with van der Waals surface area (Å²) in [6, 6.07) is 1.66. The number of fused-ring (bicyclic) bond motifs is 1. The fourth-order valence-electron chi connectivity index (χ4n) is 2.82. The van der Waals surface area contributed by atoms with Crippen molar-refractivity contribution in [1.82, 2.24) is 19.0 Å². The van der Waals surface area contributed by atoms with Crippen LogP contribution in [0.2, 0.25) is 0 Å². The van der Waals surface area contributed by atoms with Gasteiger partial charge in [-0.1, -0.05) is 0 Å². The number of ether oxygens (including phenoxy) is 2. The predicted octanol–water partition coefficient (Wildman–Crippen LogP) is -0.600. The second kappa shape index (κ2) is 7.08. The Hall–Kier alpha value is -1.65. The zero-order valence-electron chi connectivity index (χ0n) is 13.7. The number of rotatable bonds is 5. The van der Waals surface area contributed by atoms with Crippen molar-refractivity contribution in [3.05, 3.63) is 11.8 Å². The third-order valence-corrected chi connectivity index (χ3v) is 6.03. The average Bonchev–Trinajstić information content (AvgIpc) is 3.03. The minimum atomic E-state index is -3.33. The normalized spacial score (nSPS) is 19.0. The van der Waals surface area contributed by atoms with Crippen molar-refractivity contribution < 1.29 is 22.7 Å². The van der Waals surface area contributed by atoms with E-state index in [1.165, 1.54) is 11.4 Å². The van der Waals surface area contributed by atoms with Gasteiger partial charge in [0.15, 0.2) is 5.69 Å². The summed E-state index contributed by atoms with van der Waals surface area (Å²) in [7, 11) is -1.86. The van der Waals surface area contributed by atoms with Crippen LogP contribution in [0.15, 0.2) is 6.07 Å². The number of piperazine rings is 1. The standard InChI is InChI=1S/C14H22N4O5S/c1-22-9-10-24(20,21)17-6-4-16(5-7-17)14(19)12-11-13-18(15-12)3-2-8-23-13/h11H,2-10H2,1H3. The zero-order valence-corrected chi connectivity index (χ0v) is 14.5. The number of carbonyl (C=O) groups is 1. The molecule has 0 atom stereocenters. The molecule has 0 spiro atoms. The van der Waals surface area contributed by atoms with Gasteiger partial charge in [-0.2, -0.15) is 9.40 Å². The molecule has 2 aliphatic heterocycles. The van der Waals surface area contributed by atoms with Crippen molar-refractivity contribution in [2.75, 3.05) is 52.3 Å². The summed E-state index contributed by atoms with van der Waals surface area (Å²) in [5.74, 6) is 0.391. The van der Waals surface area contributed by atoms with Gasteiger partial charge in [-0.3, -0.25) is 4.79 Å². The number of methoxy groups -OCH3 is 1. The molecule has 0 aromatic carbocycles. The predicted molar refractivity (Wildman–Crippen MR) is 85.5 cm³/mol. The second-order valence-corrected chi connectivity index (χ2v) is 7.88. The molecule has 24 heavy (non-hydrogen) atoms. The molecular weight excluding hydrogens is 336 g/mol. The molecule has 0 N–H and O–H groups in total. The van der Waals surface area contributed by atoms with Crippen molar-refractivity contribution in [3.8, 4) is 5.88 Å². The summed E-state index contributed by atoms with van der Waals surface area (Å²) in [6.45, 7) is 2.85. The lowest BCUT2D eigenvalue weighted by molar-refractivity contribution is 0.0690. The average molecular weight is 358 g/mol. The van der Waals surface area contributed by atoms with E-state index in [0.29, 0.717) is 44.4 Å². The molecule has 0 unspecified atom stereocenters. The molecule has 1 aromatic rings. The lowest BCUT2D eigenvalue weighted by atomic mass is 10.3. The Kier molecular flexibility index (Phi) is 5.07. The van der Waals surface area contributed by atoms with Gasteiger partial charge >= 0.3 is 0 Å². The first-order valence-corrected chi connectivity index (χ1v) is 9.59. The van der Waals surface area contributed by atoms with E-state index in [9.17, 15) is 13.2 Å². The third kappa shape index (κ3) is 3.55. The summed E-state index contributed by atoms with van der Waals surface area (Å²) in [5, 5.41) is 4.29. The van der Waals surface area contributed by atoms with Crippen molar-refractivity contribution in [3.63, 3.8) is 0 Å². The molecule has 1 aromatic heterocycles. The molecule has 1 saturated heterocycles. The van der Waals surface area contributed by atoms with Crippen LogP contribution in [0.3, 0.4) is 0 Å². The highest BCUT2D eigenvalue weighted by molar-refractivity contribution is 7.89. The zero-order chi connectivity index (χ0) is 17.2. The Bertz CT molecular complexity index is 671. The van der Waals surface area contributed by atoms with Gasteiger partial charge < -0.3 is 14.4 Å². The first-order valence-electron chi connectivity index (χ1n) is 7.98. The Morgan fingerprint density at radius 1 is 1.29 bits per heavy atom. The first kappa shape index (κ1) is 17.2. The lowest BCUT2D eigenvalue weighted by Gasteiger charge is -2.33.